The molecule has 1 fully saturated rings. The Balaban J connectivity index is 2.07. The van der Waals surface area contributed by atoms with E-state index < -0.39 is 10.0 Å². The molecular weight excluding hydrogens is 330 g/mol. The molecule has 0 radical (unpaired) electrons. The largest absolute Gasteiger partial charge is 0.377 e. The van der Waals surface area contributed by atoms with Gasteiger partial charge in [0.2, 0.25) is 10.0 Å². The summed E-state index contributed by atoms with van der Waals surface area (Å²) in [6, 6.07) is 5.24. The van der Waals surface area contributed by atoms with Gasteiger partial charge in [0.1, 0.15) is 0 Å². The number of hydrogen-bond acceptors (Lipinski definition) is 3. The van der Waals surface area contributed by atoms with Crippen molar-refractivity contribution in [1.29, 1.82) is 0 Å². The van der Waals surface area contributed by atoms with Gasteiger partial charge in [-0.3, -0.25) is 0 Å². The number of hydrogen-bond donors (Lipinski definition) is 1. The van der Waals surface area contributed by atoms with Crippen molar-refractivity contribution in [1.82, 2.24) is 4.72 Å². The Labute approximate surface area is 122 Å². The van der Waals surface area contributed by atoms with Gasteiger partial charge in [-0.2, -0.15) is 0 Å². The summed E-state index contributed by atoms with van der Waals surface area (Å²) in [5.41, 5.74) is 0.736. The lowest BCUT2D eigenvalue weighted by molar-refractivity contribution is 0.0200. The van der Waals surface area contributed by atoms with Gasteiger partial charge in [-0.25, -0.2) is 13.1 Å². The molecule has 1 aromatic rings. The molecule has 0 aromatic heterocycles. The van der Waals surface area contributed by atoms with Gasteiger partial charge in [0.15, 0.2) is 0 Å². The molecule has 0 saturated carbocycles. The van der Waals surface area contributed by atoms with E-state index in [2.05, 4.69) is 20.7 Å². The molecule has 0 bridgehead atoms. The van der Waals surface area contributed by atoms with E-state index in [0.717, 1.165) is 35.9 Å². The van der Waals surface area contributed by atoms with E-state index in [4.69, 9.17) is 4.74 Å². The van der Waals surface area contributed by atoms with E-state index in [1.54, 1.807) is 19.1 Å². The molecule has 1 saturated heterocycles. The number of halogens is 1. The third-order valence-corrected chi connectivity index (χ3v) is 5.27. The first-order valence-corrected chi connectivity index (χ1v) is 8.64. The molecule has 1 atom stereocenters. The molecule has 0 amide bonds. The summed E-state index contributed by atoms with van der Waals surface area (Å²) in [6.07, 6.45) is 3.08. The quantitative estimate of drug-likeness (QED) is 0.910. The maximum atomic E-state index is 12.3. The average Bonchev–Trinajstić information content (AvgIpc) is 2.40. The van der Waals surface area contributed by atoms with E-state index in [-0.39, 0.29) is 6.10 Å². The predicted octanol–water partition coefficient (Wildman–Crippen LogP) is 2.60. The SMILES string of the molecule is Cc1ccc(Br)cc1S(=O)(=O)NCC1CCCCO1. The van der Waals surface area contributed by atoms with Crippen LogP contribution in [-0.4, -0.2) is 27.7 Å². The van der Waals surface area contributed by atoms with Gasteiger partial charge in [0, 0.05) is 17.6 Å². The summed E-state index contributed by atoms with van der Waals surface area (Å²) in [5.74, 6) is 0. The maximum absolute atomic E-state index is 12.3. The van der Waals surface area contributed by atoms with Crippen LogP contribution in [0.1, 0.15) is 24.8 Å². The van der Waals surface area contributed by atoms with E-state index in [1.165, 1.54) is 0 Å². The summed E-state index contributed by atoms with van der Waals surface area (Å²) in [6.45, 7) is 2.86. The van der Waals surface area contributed by atoms with Crippen molar-refractivity contribution in [3.05, 3.63) is 28.2 Å². The smallest absolute Gasteiger partial charge is 0.240 e. The minimum absolute atomic E-state index is 0.00372. The van der Waals surface area contributed by atoms with Crippen LogP contribution >= 0.6 is 15.9 Å². The highest BCUT2D eigenvalue weighted by Crippen LogP contribution is 2.21. The Morgan fingerprint density at radius 3 is 2.89 bits per heavy atom. The van der Waals surface area contributed by atoms with Gasteiger partial charge in [-0.1, -0.05) is 22.0 Å². The molecule has 106 valence electrons. The molecule has 0 aliphatic carbocycles. The molecule has 1 aliphatic heterocycles. The van der Waals surface area contributed by atoms with Crippen LogP contribution in [-0.2, 0) is 14.8 Å². The Bertz CT molecular complexity index is 539. The van der Waals surface area contributed by atoms with Gasteiger partial charge in [0.05, 0.1) is 11.0 Å². The highest BCUT2D eigenvalue weighted by Gasteiger charge is 2.20. The molecule has 2 rings (SSSR count). The van der Waals surface area contributed by atoms with Crippen molar-refractivity contribution in [2.75, 3.05) is 13.2 Å². The number of benzene rings is 1. The van der Waals surface area contributed by atoms with E-state index in [9.17, 15) is 8.42 Å². The topological polar surface area (TPSA) is 55.4 Å². The fourth-order valence-corrected chi connectivity index (χ4v) is 3.96. The summed E-state index contributed by atoms with van der Waals surface area (Å²) in [5, 5.41) is 0. The molecule has 0 spiro atoms. The number of rotatable bonds is 4. The van der Waals surface area contributed by atoms with Crippen molar-refractivity contribution in [3.63, 3.8) is 0 Å². The van der Waals surface area contributed by atoms with E-state index in [0.29, 0.717) is 11.4 Å². The van der Waals surface area contributed by atoms with Crippen molar-refractivity contribution in [2.24, 2.45) is 0 Å². The molecule has 1 N–H and O–H groups in total. The van der Waals surface area contributed by atoms with Crippen LogP contribution in [0.15, 0.2) is 27.6 Å². The third-order valence-electron chi connectivity index (χ3n) is 3.21. The Kier molecular flexibility index (Phi) is 5.00. The van der Waals surface area contributed by atoms with Crippen LogP contribution in [0.4, 0.5) is 0 Å². The standard InChI is InChI=1S/C13H18BrNO3S/c1-10-5-6-11(14)8-13(10)19(16,17)15-9-12-4-2-3-7-18-12/h5-6,8,12,15H,2-4,7,9H2,1H3. The minimum Gasteiger partial charge on any atom is -0.377 e. The zero-order chi connectivity index (χ0) is 13.9. The molecule has 1 unspecified atom stereocenters. The Hall–Kier alpha value is -0.430. The zero-order valence-corrected chi connectivity index (χ0v) is 13.3. The second-order valence-electron chi connectivity index (χ2n) is 4.75. The molecule has 1 aromatic carbocycles. The fraction of sp³-hybridized carbons (Fsp3) is 0.538. The van der Waals surface area contributed by atoms with Crippen LogP contribution in [0.2, 0.25) is 0 Å². The van der Waals surface area contributed by atoms with E-state index in [1.807, 2.05) is 6.07 Å². The van der Waals surface area contributed by atoms with Crippen LogP contribution < -0.4 is 4.72 Å². The van der Waals surface area contributed by atoms with Crippen LogP contribution in [0.5, 0.6) is 0 Å². The zero-order valence-electron chi connectivity index (χ0n) is 10.9. The summed E-state index contributed by atoms with van der Waals surface area (Å²) >= 11 is 3.30. The lowest BCUT2D eigenvalue weighted by Crippen LogP contribution is -2.35. The first kappa shape index (κ1) is 15.0. The highest BCUT2D eigenvalue weighted by molar-refractivity contribution is 9.10. The van der Waals surface area contributed by atoms with Crippen molar-refractivity contribution < 1.29 is 13.2 Å². The summed E-state index contributed by atoms with van der Waals surface area (Å²) in [7, 11) is -3.47. The highest BCUT2D eigenvalue weighted by atomic mass is 79.9. The van der Waals surface area contributed by atoms with E-state index >= 15 is 0 Å². The third kappa shape index (κ3) is 4.02. The summed E-state index contributed by atoms with van der Waals surface area (Å²) in [4.78, 5) is 0.317. The van der Waals surface area contributed by atoms with Gasteiger partial charge >= 0.3 is 0 Å². The van der Waals surface area contributed by atoms with Crippen LogP contribution in [0, 0.1) is 6.92 Å². The minimum atomic E-state index is -3.47. The van der Waals surface area contributed by atoms with Crippen molar-refractivity contribution in [3.8, 4) is 0 Å². The number of aryl methyl sites for hydroxylation is 1. The lowest BCUT2D eigenvalue weighted by atomic mass is 10.1. The Morgan fingerprint density at radius 2 is 2.21 bits per heavy atom. The van der Waals surface area contributed by atoms with Gasteiger partial charge in [0.25, 0.3) is 0 Å². The molecular formula is C13H18BrNO3S. The normalized spacial score (nSPS) is 20.4. The second-order valence-corrected chi connectivity index (χ2v) is 7.40. The molecule has 6 heteroatoms. The predicted molar refractivity (Wildman–Crippen MR) is 77.7 cm³/mol. The second kappa shape index (κ2) is 6.35. The average molecular weight is 348 g/mol. The van der Waals surface area contributed by atoms with Crippen LogP contribution in [0.25, 0.3) is 0 Å². The number of sulfonamides is 1. The molecule has 1 heterocycles. The monoisotopic (exact) mass is 347 g/mol. The number of ether oxygens (including phenoxy) is 1. The van der Waals surface area contributed by atoms with Gasteiger partial charge in [-0.15, -0.1) is 0 Å². The number of nitrogens with one attached hydrogen (secondary N) is 1. The lowest BCUT2D eigenvalue weighted by Gasteiger charge is -2.22. The molecule has 19 heavy (non-hydrogen) atoms. The summed E-state index contributed by atoms with van der Waals surface area (Å²) < 4.78 is 33.4. The fourth-order valence-electron chi connectivity index (χ4n) is 2.11. The molecule has 1 aliphatic rings. The van der Waals surface area contributed by atoms with Gasteiger partial charge in [-0.05, 0) is 43.9 Å². The Morgan fingerprint density at radius 1 is 1.42 bits per heavy atom. The van der Waals surface area contributed by atoms with Crippen LogP contribution in [0.3, 0.4) is 0 Å². The molecule has 4 nitrogen and oxygen atoms in total. The first-order chi connectivity index (χ1) is 8.99. The first-order valence-electron chi connectivity index (χ1n) is 6.36. The van der Waals surface area contributed by atoms with Gasteiger partial charge < -0.3 is 4.74 Å². The maximum Gasteiger partial charge on any atom is 0.240 e. The van der Waals surface area contributed by atoms with Crippen molar-refractivity contribution in [2.45, 2.75) is 37.2 Å². The van der Waals surface area contributed by atoms with Crippen molar-refractivity contribution >= 4 is 26.0 Å².